The number of rotatable bonds is 5. The Labute approximate surface area is 226 Å². The fraction of sp³-hybridized carbons (Fsp3) is 0.345. The molecule has 0 atom stereocenters. The van der Waals surface area contributed by atoms with Crippen LogP contribution in [0.3, 0.4) is 0 Å². The predicted octanol–water partition coefficient (Wildman–Crippen LogP) is 7.14. The number of carbonyl (C=O) groups excluding carboxylic acids is 1. The molecule has 0 spiro atoms. The Morgan fingerprint density at radius 3 is 2.68 bits per heavy atom. The molecule has 4 heterocycles. The van der Waals surface area contributed by atoms with Crippen LogP contribution in [-0.4, -0.2) is 44.6 Å². The molecule has 7 nitrogen and oxygen atoms in total. The number of likely N-dealkylation sites (tertiary alicyclic amines) is 1. The van der Waals surface area contributed by atoms with Crippen LogP contribution in [0.15, 0.2) is 54.7 Å². The lowest BCUT2D eigenvalue weighted by atomic mass is 9.93. The molecule has 0 saturated carbocycles. The SMILES string of the molecule is CC(C)(C)OC(=O)N1CCC(c2cc3c(-c4nc(NCc5ccccc5F)ccc4Cl)ccnc3[nH]2)CC1. The van der Waals surface area contributed by atoms with Crippen molar-refractivity contribution < 1.29 is 13.9 Å². The summed E-state index contributed by atoms with van der Waals surface area (Å²) in [6, 6.07) is 14.2. The summed E-state index contributed by atoms with van der Waals surface area (Å²) in [5.41, 5.74) is 3.38. The summed E-state index contributed by atoms with van der Waals surface area (Å²) in [7, 11) is 0. The van der Waals surface area contributed by atoms with Crippen molar-refractivity contribution in [2.75, 3.05) is 18.4 Å². The lowest BCUT2D eigenvalue weighted by molar-refractivity contribution is 0.0204. The van der Waals surface area contributed by atoms with Crippen LogP contribution in [0.4, 0.5) is 15.0 Å². The number of carbonyl (C=O) groups is 1. The summed E-state index contributed by atoms with van der Waals surface area (Å²) in [4.78, 5) is 27.0. The number of anilines is 1. The van der Waals surface area contributed by atoms with Crippen molar-refractivity contribution in [2.45, 2.75) is 51.7 Å². The third-order valence-electron chi connectivity index (χ3n) is 6.66. The Kier molecular flexibility index (Phi) is 7.25. The van der Waals surface area contributed by atoms with Gasteiger partial charge < -0.3 is 19.9 Å². The van der Waals surface area contributed by atoms with Gasteiger partial charge in [0, 0.05) is 54.0 Å². The molecule has 2 N–H and O–H groups in total. The molecule has 1 aliphatic heterocycles. The van der Waals surface area contributed by atoms with Gasteiger partial charge in [0.15, 0.2) is 0 Å². The van der Waals surface area contributed by atoms with Crippen LogP contribution in [0.1, 0.15) is 50.8 Å². The topological polar surface area (TPSA) is 83.1 Å². The summed E-state index contributed by atoms with van der Waals surface area (Å²) in [6.07, 6.45) is 3.13. The van der Waals surface area contributed by atoms with Crippen molar-refractivity contribution in [2.24, 2.45) is 0 Å². The zero-order valence-corrected chi connectivity index (χ0v) is 22.5. The minimum atomic E-state index is -0.507. The third kappa shape index (κ3) is 5.75. The second kappa shape index (κ2) is 10.6. The molecule has 0 unspecified atom stereocenters. The van der Waals surface area contributed by atoms with Crippen molar-refractivity contribution >= 4 is 34.5 Å². The molecule has 0 aliphatic carbocycles. The number of nitrogens with zero attached hydrogens (tertiary/aromatic N) is 3. The van der Waals surface area contributed by atoms with E-state index in [0.29, 0.717) is 41.7 Å². The van der Waals surface area contributed by atoms with Gasteiger partial charge in [-0.25, -0.2) is 19.2 Å². The molecule has 0 bridgehead atoms. The zero-order chi connectivity index (χ0) is 26.9. The van der Waals surface area contributed by atoms with Gasteiger partial charge in [0.1, 0.15) is 22.9 Å². The fourth-order valence-electron chi connectivity index (χ4n) is 4.73. The van der Waals surface area contributed by atoms with Gasteiger partial charge in [-0.15, -0.1) is 0 Å². The van der Waals surface area contributed by atoms with Crippen LogP contribution >= 0.6 is 11.6 Å². The number of piperidine rings is 1. The number of ether oxygens (including phenoxy) is 1. The van der Waals surface area contributed by atoms with Crippen LogP contribution in [-0.2, 0) is 11.3 Å². The second-order valence-corrected chi connectivity index (χ2v) is 11.0. The Bertz CT molecular complexity index is 1460. The first-order chi connectivity index (χ1) is 18.2. The molecule has 1 aromatic carbocycles. The van der Waals surface area contributed by atoms with Crippen molar-refractivity contribution in [1.82, 2.24) is 19.9 Å². The van der Waals surface area contributed by atoms with E-state index >= 15 is 0 Å². The molecule has 0 radical (unpaired) electrons. The number of halogens is 2. The summed E-state index contributed by atoms with van der Waals surface area (Å²) in [5.74, 6) is 0.609. The first-order valence-electron chi connectivity index (χ1n) is 12.8. The molecular weight excluding hydrogens is 505 g/mol. The van der Waals surface area contributed by atoms with E-state index in [2.05, 4.69) is 21.4 Å². The number of fused-ring (bicyclic) bond motifs is 1. The second-order valence-electron chi connectivity index (χ2n) is 10.6. The van der Waals surface area contributed by atoms with Gasteiger partial charge in [0.05, 0.1) is 10.7 Å². The maximum Gasteiger partial charge on any atom is 0.410 e. The van der Waals surface area contributed by atoms with Gasteiger partial charge in [-0.05, 0) is 63.9 Å². The number of hydrogen-bond acceptors (Lipinski definition) is 5. The molecule has 5 rings (SSSR count). The lowest BCUT2D eigenvalue weighted by Crippen LogP contribution is -2.41. The molecule has 1 saturated heterocycles. The Morgan fingerprint density at radius 1 is 1.18 bits per heavy atom. The van der Waals surface area contributed by atoms with Crippen molar-refractivity contribution in [3.8, 4) is 11.3 Å². The molecule has 4 aromatic rings. The van der Waals surface area contributed by atoms with Gasteiger partial charge in [-0.1, -0.05) is 29.8 Å². The Balaban J connectivity index is 1.35. The average molecular weight is 536 g/mol. The minimum Gasteiger partial charge on any atom is -0.444 e. The van der Waals surface area contributed by atoms with E-state index < -0.39 is 5.60 Å². The van der Waals surface area contributed by atoms with E-state index in [1.165, 1.54) is 6.07 Å². The summed E-state index contributed by atoms with van der Waals surface area (Å²) < 4.78 is 19.6. The van der Waals surface area contributed by atoms with Crippen LogP contribution in [0.25, 0.3) is 22.3 Å². The van der Waals surface area contributed by atoms with Gasteiger partial charge in [-0.2, -0.15) is 0 Å². The number of nitrogens with one attached hydrogen (secondary N) is 2. The monoisotopic (exact) mass is 535 g/mol. The fourth-order valence-corrected chi connectivity index (χ4v) is 4.94. The Morgan fingerprint density at radius 2 is 1.95 bits per heavy atom. The van der Waals surface area contributed by atoms with Crippen LogP contribution in [0.5, 0.6) is 0 Å². The third-order valence-corrected chi connectivity index (χ3v) is 6.96. The van der Waals surface area contributed by atoms with E-state index in [1.54, 1.807) is 41.4 Å². The summed E-state index contributed by atoms with van der Waals surface area (Å²) >= 11 is 6.59. The summed E-state index contributed by atoms with van der Waals surface area (Å²) in [6.45, 7) is 7.22. The molecule has 9 heteroatoms. The van der Waals surface area contributed by atoms with Crippen molar-refractivity contribution in [1.29, 1.82) is 0 Å². The lowest BCUT2D eigenvalue weighted by Gasteiger charge is -2.33. The van der Waals surface area contributed by atoms with Gasteiger partial charge >= 0.3 is 6.09 Å². The quantitative estimate of drug-likeness (QED) is 0.283. The number of hydrogen-bond donors (Lipinski definition) is 2. The van der Waals surface area contributed by atoms with Gasteiger partial charge in [0.25, 0.3) is 0 Å². The van der Waals surface area contributed by atoms with Crippen LogP contribution in [0.2, 0.25) is 5.02 Å². The average Bonchev–Trinajstić information content (AvgIpc) is 3.33. The number of aromatic amines is 1. The number of aromatic nitrogens is 3. The normalized spacial score (nSPS) is 14.6. The van der Waals surface area contributed by atoms with E-state index in [-0.39, 0.29) is 17.8 Å². The van der Waals surface area contributed by atoms with E-state index in [4.69, 9.17) is 21.3 Å². The molecule has 198 valence electrons. The largest absolute Gasteiger partial charge is 0.444 e. The van der Waals surface area contributed by atoms with Gasteiger partial charge in [0.2, 0.25) is 0 Å². The number of pyridine rings is 2. The van der Waals surface area contributed by atoms with Crippen molar-refractivity contribution in [3.05, 3.63) is 76.8 Å². The smallest absolute Gasteiger partial charge is 0.410 e. The van der Waals surface area contributed by atoms with Crippen LogP contribution in [0, 0.1) is 5.82 Å². The minimum absolute atomic E-state index is 0.262. The highest BCUT2D eigenvalue weighted by atomic mass is 35.5. The molecule has 1 fully saturated rings. The highest BCUT2D eigenvalue weighted by Crippen LogP contribution is 2.36. The first kappa shape index (κ1) is 26.0. The Hall–Kier alpha value is -3.65. The van der Waals surface area contributed by atoms with E-state index in [0.717, 1.165) is 35.1 Å². The molecule has 1 aliphatic rings. The first-order valence-corrected chi connectivity index (χ1v) is 13.2. The number of amides is 1. The molecule has 38 heavy (non-hydrogen) atoms. The standard InChI is InChI=1S/C29H31ClFN5O2/c1-29(2,3)38-28(37)36-14-11-18(12-15-36)24-16-21-20(10-13-32-27(21)34-24)26-22(30)8-9-25(35-26)33-17-19-6-4-5-7-23(19)31/h4-10,13,16,18H,11-12,14-15,17H2,1-3H3,(H,32,34)(H,33,35). The maximum atomic E-state index is 14.0. The summed E-state index contributed by atoms with van der Waals surface area (Å²) in [5, 5.41) is 4.64. The van der Waals surface area contributed by atoms with Crippen molar-refractivity contribution in [3.63, 3.8) is 0 Å². The van der Waals surface area contributed by atoms with E-state index in [1.807, 2.05) is 26.8 Å². The number of H-pyrrole nitrogens is 1. The molecule has 3 aromatic heterocycles. The predicted molar refractivity (Wildman–Crippen MR) is 148 cm³/mol. The van der Waals surface area contributed by atoms with E-state index in [9.17, 15) is 9.18 Å². The highest BCUT2D eigenvalue weighted by molar-refractivity contribution is 6.33. The van der Waals surface area contributed by atoms with Crippen LogP contribution < -0.4 is 5.32 Å². The molecule has 1 amide bonds. The zero-order valence-electron chi connectivity index (χ0n) is 21.7. The maximum absolute atomic E-state index is 14.0. The molecular formula is C29H31ClFN5O2. The highest BCUT2D eigenvalue weighted by Gasteiger charge is 2.28. The van der Waals surface area contributed by atoms with Gasteiger partial charge in [-0.3, -0.25) is 0 Å². The number of benzene rings is 1.